The number of halogens is 1. The molecule has 0 saturated heterocycles. The van der Waals surface area contributed by atoms with Crippen LogP contribution in [0.15, 0.2) is 103 Å². The maximum Gasteiger partial charge on any atom is 0.221 e. The summed E-state index contributed by atoms with van der Waals surface area (Å²) in [5.41, 5.74) is 12.8. The van der Waals surface area contributed by atoms with Crippen LogP contribution in [0.25, 0.3) is 39.4 Å². The van der Waals surface area contributed by atoms with Gasteiger partial charge in [0.15, 0.2) is 11.5 Å². The number of amides is 1. The molecule has 9 nitrogen and oxygen atoms in total. The lowest BCUT2D eigenvalue weighted by molar-refractivity contribution is -0.114. The van der Waals surface area contributed by atoms with Gasteiger partial charge in [0, 0.05) is 42.8 Å². The van der Waals surface area contributed by atoms with Crippen molar-refractivity contribution in [2.45, 2.75) is 19.7 Å². The second kappa shape index (κ2) is 11.8. The van der Waals surface area contributed by atoms with Crippen molar-refractivity contribution in [2.24, 2.45) is 0 Å². The fraction of sp³-hybridized carbons (Fsp3) is 0.0909. The van der Waals surface area contributed by atoms with Gasteiger partial charge in [-0.25, -0.2) is 19.3 Å². The molecule has 6 rings (SSSR count). The van der Waals surface area contributed by atoms with Crippen LogP contribution in [-0.2, 0) is 11.3 Å². The molecule has 43 heavy (non-hydrogen) atoms. The molecular formula is C33H28FN7O2. The Morgan fingerprint density at radius 1 is 0.977 bits per heavy atom. The topological polar surface area (TPSA) is 131 Å². The highest BCUT2D eigenvalue weighted by Gasteiger charge is 2.19. The van der Waals surface area contributed by atoms with Crippen LogP contribution in [0.2, 0.25) is 0 Å². The number of nitrogens with one attached hydrogen (secondary N) is 2. The van der Waals surface area contributed by atoms with Gasteiger partial charge in [-0.3, -0.25) is 14.7 Å². The Morgan fingerprint density at radius 3 is 2.56 bits per heavy atom. The minimum atomic E-state index is -1.04. The summed E-state index contributed by atoms with van der Waals surface area (Å²) in [4.78, 5) is 25.4. The molecule has 1 amide bonds. The van der Waals surface area contributed by atoms with Gasteiger partial charge in [-0.05, 0) is 71.3 Å². The van der Waals surface area contributed by atoms with Crippen molar-refractivity contribution in [3.63, 3.8) is 0 Å². The number of benzene rings is 3. The average Bonchev–Trinajstić information content (AvgIpc) is 3.39. The number of nitrogens with two attached hydrogens (primary N) is 1. The fourth-order valence-corrected chi connectivity index (χ4v) is 4.92. The maximum atomic E-state index is 13.6. The van der Waals surface area contributed by atoms with Crippen molar-refractivity contribution in [1.82, 2.24) is 24.8 Å². The molecular weight excluding hydrogens is 545 g/mol. The maximum absolute atomic E-state index is 13.6. The predicted octanol–water partition coefficient (Wildman–Crippen LogP) is 5.61. The number of hydrogen-bond donors (Lipinski definition) is 4. The number of aromatic nitrogens is 4. The number of fused-ring (bicyclic) bond motifs is 1. The highest BCUT2D eigenvalue weighted by Crippen LogP contribution is 2.32. The van der Waals surface area contributed by atoms with E-state index < -0.39 is 12.0 Å². The largest absolute Gasteiger partial charge is 0.383 e. The van der Waals surface area contributed by atoms with Gasteiger partial charge in [0.25, 0.3) is 0 Å². The number of hydrogen-bond acceptors (Lipinski definition) is 7. The number of aliphatic hydroxyl groups is 1. The van der Waals surface area contributed by atoms with Crippen molar-refractivity contribution in [3.8, 4) is 28.2 Å². The molecule has 0 aliphatic rings. The first kappa shape index (κ1) is 27.7. The van der Waals surface area contributed by atoms with Crippen LogP contribution in [0.3, 0.4) is 0 Å². The van der Waals surface area contributed by atoms with E-state index in [9.17, 15) is 14.3 Å². The number of carbonyl (C=O) groups is 1. The van der Waals surface area contributed by atoms with E-state index in [1.807, 2.05) is 65.2 Å². The first-order chi connectivity index (χ1) is 20.9. The van der Waals surface area contributed by atoms with E-state index in [-0.39, 0.29) is 5.91 Å². The van der Waals surface area contributed by atoms with Gasteiger partial charge < -0.3 is 16.2 Å². The van der Waals surface area contributed by atoms with E-state index in [2.05, 4.69) is 15.6 Å². The van der Waals surface area contributed by atoms with Crippen molar-refractivity contribution in [1.29, 1.82) is 0 Å². The fourth-order valence-electron chi connectivity index (χ4n) is 4.92. The van der Waals surface area contributed by atoms with Crippen molar-refractivity contribution < 1.29 is 14.3 Å². The number of anilines is 2. The Morgan fingerprint density at radius 2 is 1.79 bits per heavy atom. The Labute approximate surface area is 246 Å². The van der Waals surface area contributed by atoms with Crippen molar-refractivity contribution in [3.05, 3.63) is 120 Å². The molecule has 0 aliphatic heterocycles. The van der Waals surface area contributed by atoms with E-state index in [1.54, 1.807) is 30.6 Å². The normalized spacial score (nSPS) is 11.9. The molecule has 0 radical (unpaired) electrons. The third-order valence-corrected chi connectivity index (χ3v) is 6.95. The minimum absolute atomic E-state index is 0.133. The van der Waals surface area contributed by atoms with Crippen LogP contribution < -0.4 is 16.4 Å². The lowest BCUT2D eigenvalue weighted by Gasteiger charge is -2.15. The second-order valence-electron chi connectivity index (χ2n) is 10.0. The van der Waals surface area contributed by atoms with Crippen LogP contribution >= 0.6 is 0 Å². The smallest absolute Gasteiger partial charge is 0.221 e. The highest BCUT2D eigenvalue weighted by atomic mass is 19.1. The van der Waals surface area contributed by atoms with Gasteiger partial charge in [0.1, 0.15) is 23.4 Å². The predicted molar refractivity (Wildman–Crippen MR) is 164 cm³/mol. The number of nitrogens with zero attached hydrogens (tertiary/aromatic N) is 4. The molecule has 1 atom stereocenters. The van der Waals surface area contributed by atoms with Gasteiger partial charge in [0.05, 0.1) is 5.56 Å². The molecule has 10 heteroatoms. The monoisotopic (exact) mass is 573 g/mol. The Hall–Kier alpha value is -5.45. The van der Waals surface area contributed by atoms with E-state index in [0.29, 0.717) is 46.2 Å². The van der Waals surface area contributed by atoms with E-state index >= 15 is 0 Å². The van der Waals surface area contributed by atoms with Crippen LogP contribution in [0, 0.1) is 5.82 Å². The number of aliphatic hydroxyl groups excluding tert-OH is 1. The average molecular weight is 574 g/mol. The van der Waals surface area contributed by atoms with Gasteiger partial charge in [0.2, 0.25) is 5.91 Å². The molecule has 0 spiro atoms. The Kier molecular flexibility index (Phi) is 7.61. The first-order valence-corrected chi connectivity index (χ1v) is 13.6. The highest BCUT2D eigenvalue weighted by molar-refractivity contribution is 5.89. The molecule has 3 heterocycles. The van der Waals surface area contributed by atoms with Crippen molar-refractivity contribution in [2.75, 3.05) is 11.1 Å². The molecule has 0 bridgehead atoms. The summed E-state index contributed by atoms with van der Waals surface area (Å²) in [6, 6.07) is 26.8. The Balaban J connectivity index is 1.37. The lowest BCUT2D eigenvalue weighted by atomic mass is 10.1. The quantitative estimate of drug-likeness (QED) is 0.174. The van der Waals surface area contributed by atoms with Gasteiger partial charge in [-0.15, -0.1) is 0 Å². The molecule has 5 N–H and O–H groups in total. The van der Waals surface area contributed by atoms with E-state index in [1.165, 1.54) is 19.1 Å². The number of nitrogen functional groups attached to an aromatic ring is 1. The molecule has 6 aromatic rings. The summed E-state index contributed by atoms with van der Waals surface area (Å²) < 4.78 is 15.6. The third kappa shape index (κ3) is 5.96. The SMILES string of the molecule is CC(=O)Nc1ccc(-c2cnc3c(c2)nc(-c2cccnc2N)n3-c2cccc(CNC(O)c3cccc(F)c3)c2)cc1. The van der Waals surface area contributed by atoms with E-state index in [0.717, 1.165) is 22.4 Å². The number of rotatable bonds is 8. The molecule has 0 aliphatic carbocycles. The zero-order chi connectivity index (χ0) is 29.9. The zero-order valence-electron chi connectivity index (χ0n) is 23.2. The van der Waals surface area contributed by atoms with Crippen LogP contribution in [0.4, 0.5) is 15.9 Å². The summed E-state index contributed by atoms with van der Waals surface area (Å²) >= 11 is 0. The second-order valence-corrected chi connectivity index (χ2v) is 10.0. The van der Waals surface area contributed by atoms with Gasteiger partial charge >= 0.3 is 0 Å². The summed E-state index contributed by atoms with van der Waals surface area (Å²) in [7, 11) is 0. The standard InChI is InChI=1S/C33H28FN7O2/c1-20(42)39-26-12-10-22(11-13-26)24-17-29-32(37-19-24)41(31(40-29)28-9-4-14-36-30(28)35)27-8-2-5-21(15-27)18-38-33(43)23-6-3-7-25(34)16-23/h2-17,19,33,38,43H,18H2,1H3,(H2,35,36)(H,39,42). The minimum Gasteiger partial charge on any atom is -0.383 e. The number of pyridine rings is 2. The van der Waals surface area contributed by atoms with Gasteiger partial charge in [-0.1, -0.05) is 36.4 Å². The summed E-state index contributed by atoms with van der Waals surface area (Å²) in [6.45, 7) is 1.80. The molecule has 3 aromatic carbocycles. The third-order valence-electron chi connectivity index (χ3n) is 6.95. The lowest BCUT2D eigenvalue weighted by Crippen LogP contribution is -2.20. The molecule has 3 aromatic heterocycles. The zero-order valence-corrected chi connectivity index (χ0v) is 23.2. The molecule has 214 valence electrons. The summed E-state index contributed by atoms with van der Waals surface area (Å²) in [6.07, 6.45) is 2.38. The number of carbonyl (C=O) groups excluding carboxylic acids is 1. The molecule has 1 unspecified atom stereocenters. The van der Waals surface area contributed by atoms with Crippen molar-refractivity contribution >= 4 is 28.6 Å². The number of imidazole rings is 1. The Bertz CT molecular complexity index is 1940. The van der Waals surface area contributed by atoms with E-state index in [4.69, 9.17) is 15.7 Å². The molecule has 0 saturated carbocycles. The van der Waals surface area contributed by atoms with Crippen LogP contribution in [0.5, 0.6) is 0 Å². The summed E-state index contributed by atoms with van der Waals surface area (Å²) in [5, 5.41) is 16.4. The summed E-state index contributed by atoms with van der Waals surface area (Å²) in [5.74, 6) is 0.374. The van der Waals surface area contributed by atoms with Gasteiger partial charge in [-0.2, -0.15) is 0 Å². The molecule has 0 fully saturated rings. The first-order valence-electron chi connectivity index (χ1n) is 13.6. The van der Waals surface area contributed by atoms with Crippen LogP contribution in [-0.4, -0.2) is 30.5 Å². The van der Waals surface area contributed by atoms with Crippen LogP contribution in [0.1, 0.15) is 24.3 Å².